The molecule has 0 bridgehead atoms. The average Bonchev–Trinajstić information content (AvgIpc) is 1.84. The SMILES string of the molecule is O=c1op([O-])o1.O=c1op([O-])o1.[Ni+2]. The van der Waals surface area contributed by atoms with E-state index in [1.54, 1.807) is 0 Å². The smallest absolute Gasteiger partial charge is 0.750 e. The van der Waals surface area contributed by atoms with Crippen LogP contribution in [0.15, 0.2) is 26.4 Å². The van der Waals surface area contributed by atoms with Crippen molar-refractivity contribution < 1.29 is 43.1 Å². The van der Waals surface area contributed by atoms with E-state index in [-0.39, 0.29) is 16.5 Å². The Labute approximate surface area is 81.3 Å². The number of hydrogen-bond acceptors (Lipinski definition) is 8. The van der Waals surface area contributed by atoms with Crippen LogP contribution in [-0.2, 0) is 16.5 Å². The number of rotatable bonds is 0. The molecule has 2 rings (SSSR count). The minimum atomic E-state index is -2.06. The minimum absolute atomic E-state index is 0. The summed E-state index contributed by atoms with van der Waals surface area (Å²) < 4.78 is 15.1. The van der Waals surface area contributed by atoms with E-state index < -0.39 is 28.1 Å². The first-order valence-corrected chi connectivity index (χ1v) is 4.51. The molecule has 13 heavy (non-hydrogen) atoms. The molecule has 0 amide bonds. The standard InChI is InChI=1S/2CO4P.Ni/c2*2-1-4-6(3)5-1;/q2*-1;+2. The van der Waals surface area contributed by atoms with E-state index in [2.05, 4.69) is 16.8 Å². The van der Waals surface area contributed by atoms with E-state index in [1.807, 2.05) is 0 Å². The summed E-state index contributed by atoms with van der Waals surface area (Å²) in [5, 5.41) is 0. The van der Waals surface area contributed by atoms with Crippen molar-refractivity contribution >= 4 is 16.5 Å². The summed E-state index contributed by atoms with van der Waals surface area (Å²) in [7, 11) is -4.11. The largest absolute Gasteiger partial charge is 2.00 e. The molecular weight excluding hydrogens is 273 g/mol. The maximum absolute atomic E-state index is 9.59. The van der Waals surface area contributed by atoms with Gasteiger partial charge in [-0.25, -0.2) is 9.59 Å². The van der Waals surface area contributed by atoms with Crippen molar-refractivity contribution in [3.63, 3.8) is 0 Å². The third-order valence-corrected chi connectivity index (χ3v) is 1.79. The summed E-state index contributed by atoms with van der Waals surface area (Å²) in [5.74, 6) is -1.70. The van der Waals surface area contributed by atoms with Gasteiger partial charge in [0, 0.05) is 0 Å². The zero-order valence-electron chi connectivity index (χ0n) is 5.48. The Bertz CT molecular complexity index is 349. The van der Waals surface area contributed by atoms with Crippen LogP contribution in [0.3, 0.4) is 0 Å². The molecule has 0 aliphatic rings. The summed E-state index contributed by atoms with van der Waals surface area (Å²) >= 11 is 0. The van der Waals surface area contributed by atoms with E-state index in [9.17, 15) is 19.4 Å². The van der Waals surface area contributed by atoms with Crippen molar-refractivity contribution in [2.45, 2.75) is 0 Å². The molecule has 2 heterocycles. The molecule has 2 aromatic heterocycles. The fourth-order valence-corrected chi connectivity index (χ4v) is 0.771. The maximum atomic E-state index is 9.59. The Balaban J connectivity index is 0.000000206. The van der Waals surface area contributed by atoms with Gasteiger partial charge in [-0.05, 0) is 0 Å². The summed E-state index contributed by atoms with van der Waals surface area (Å²) in [6, 6.07) is 0. The van der Waals surface area contributed by atoms with Crippen molar-refractivity contribution in [3.05, 3.63) is 21.2 Å². The van der Waals surface area contributed by atoms with E-state index >= 15 is 0 Å². The Morgan fingerprint density at radius 2 is 1.08 bits per heavy atom. The quantitative estimate of drug-likeness (QED) is 0.539. The van der Waals surface area contributed by atoms with Gasteiger partial charge in [-0.2, -0.15) is 0 Å². The first kappa shape index (κ1) is 12.6. The van der Waals surface area contributed by atoms with Crippen LogP contribution < -0.4 is 21.4 Å². The van der Waals surface area contributed by atoms with Crippen LogP contribution in [0.4, 0.5) is 0 Å². The van der Waals surface area contributed by atoms with Gasteiger partial charge >= 0.3 is 28.1 Å². The topological polar surface area (TPSA) is 133 Å². The molecule has 0 unspecified atom stereocenters. The second-order valence-electron chi connectivity index (χ2n) is 1.31. The van der Waals surface area contributed by atoms with Gasteiger partial charge in [-0.15, -0.1) is 0 Å². The average molecular weight is 273 g/mol. The fourth-order valence-electron chi connectivity index (χ4n) is 0.257. The molecule has 76 valence electrons. The summed E-state index contributed by atoms with van der Waals surface area (Å²) in [6.45, 7) is 0. The van der Waals surface area contributed by atoms with Gasteiger partial charge in [0.05, 0.1) is 0 Å². The molecule has 0 aromatic carbocycles. The van der Waals surface area contributed by atoms with Crippen molar-refractivity contribution in [1.82, 2.24) is 0 Å². The van der Waals surface area contributed by atoms with Gasteiger partial charge in [-0.1, -0.05) is 0 Å². The first-order chi connectivity index (χ1) is 5.58. The van der Waals surface area contributed by atoms with E-state index in [1.165, 1.54) is 0 Å². The van der Waals surface area contributed by atoms with Crippen molar-refractivity contribution in [3.8, 4) is 0 Å². The monoisotopic (exact) mass is 272 g/mol. The predicted octanol–water partition coefficient (Wildman–Crippen LogP) is -1.32. The summed E-state index contributed by atoms with van der Waals surface area (Å²) in [6.07, 6.45) is 0. The van der Waals surface area contributed by atoms with E-state index in [4.69, 9.17) is 0 Å². The molecule has 0 saturated heterocycles. The molecule has 0 fully saturated rings. The van der Waals surface area contributed by atoms with Gasteiger partial charge in [0.15, 0.2) is 16.5 Å². The fraction of sp³-hybridized carbons (Fsp3) is 0. The molecule has 2 aromatic rings. The van der Waals surface area contributed by atoms with Gasteiger partial charge < -0.3 is 26.6 Å². The molecule has 11 heteroatoms. The maximum Gasteiger partial charge on any atom is 2.00 e. The van der Waals surface area contributed by atoms with Crippen LogP contribution in [0.2, 0.25) is 0 Å². The predicted molar refractivity (Wildman–Crippen MR) is 30.7 cm³/mol. The van der Waals surface area contributed by atoms with Crippen molar-refractivity contribution in [2.24, 2.45) is 0 Å². The van der Waals surface area contributed by atoms with Gasteiger partial charge in [0.2, 0.25) is 0 Å². The normalized spacial score (nSPS) is 8.77. The molecule has 0 N–H and O–H groups in total. The van der Waals surface area contributed by atoms with Crippen LogP contribution >= 0.6 is 16.5 Å². The molecule has 0 aliphatic heterocycles. The summed E-state index contributed by atoms with van der Waals surface area (Å²) in [4.78, 5) is 38.1. The van der Waals surface area contributed by atoms with Gasteiger partial charge in [0.25, 0.3) is 0 Å². The molecular formula is C2NiO8P2. The second-order valence-corrected chi connectivity index (χ2v) is 2.94. The summed E-state index contributed by atoms with van der Waals surface area (Å²) in [5.41, 5.74) is 0. The second kappa shape index (κ2) is 5.32. The van der Waals surface area contributed by atoms with Gasteiger partial charge in [0.1, 0.15) is 0 Å². The Morgan fingerprint density at radius 3 is 1.08 bits per heavy atom. The number of hydrogen-bond donors (Lipinski definition) is 0. The van der Waals surface area contributed by atoms with E-state index in [0.29, 0.717) is 0 Å². The van der Waals surface area contributed by atoms with Gasteiger partial charge in [-0.3, -0.25) is 0 Å². The Kier molecular flexibility index (Phi) is 5.14. The van der Waals surface area contributed by atoms with Crippen LogP contribution in [0, 0.1) is 0 Å². The van der Waals surface area contributed by atoms with Crippen molar-refractivity contribution in [2.75, 3.05) is 0 Å². The minimum Gasteiger partial charge on any atom is -0.750 e. The zero-order chi connectivity index (χ0) is 9.14. The zero-order valence-corrected chi connectivity index (χ0v) is 8.25. The molecule has 0 spiro atoms. The first-order valence-electron chi connectivity index (χ1n) is 2.32. The third kappa shape index (κ3) is 4.36. The van der Waals surface area contributed by atoms with Crippen LogP contribution in [0.5, 0.6) is 0 Å². The molecule has 0 atom stereocenters. The Morgan fingerprint density at radius 1 is 0.846 bits per heavy atom. The van der Waals surface area contributed by atoms with E-state index in [0.717, 1.165) is 0 Å². The molecule has 0 saturated carbocycles. The molecule has 0 aliphatic carbocycles. The molecule has 0 radical (unpaired) electrons. The molecule has 8 nitrogen and oxygen atoms in total. The Hall–Kier alpha value is -0.446. The van der Waals surface area contributed by atoms with Crippen LogP contribution in [-0.4, -0.2) is 0 Å². The van der Waals surface area contributed by atoms with Crippen LogP contribution in [0.25, 0.3) is 0 Å². The van der Waals surface area contributed by atoms with Crippen LogP contribution in [0.1, 0.15) is 0 Å². The third-order valence-electron chi connectivity index (χ3n) is 0.596. The van der Waals surface area contributed by atoms with Crippen molar-refractivity contribution in [1.29, 1.82) is 0 Å².